The number of hydrogen-bond donors (Lipinski definition) is 0. The van der Waals surface area contributed by atoms with E-state index in [1.807, 2.05) is 0 Å². The molecule has 0 saturated carbocycles. The van der Waals surface area contributed by atoms with Crippen LogP contribution in [0.3, 0.4) is 0 Å². The molecule has 2 heterocycles. The molecule has 2 aliphatic heterocycles. The third-order valence-electron chi connectivity index (χ3n) is 3.06. The minimum atomic E-state index is -0.553. The fourth-order valence-corrected chi connectivity index (χ4v) is 3.93. The Morgan fingerprint density at radius 2 is 1.69 bits per heavy atom. The second-order valence-corrected chi connectivity index (χ2v) is 6.51. The molecule has 0 bridgehead atoms. The summed E-state index contributed by atoms with van der Waals surface area (Å²) < 4.78 is 10.4. The summed E-state index contributed by atoms with van der Waals surface area (Å²) in [7, 11) is -0.553. The molecule has 0 unspecified atom stereocenters. The smallest absolute Gasteiger partial charge is 0.104 e. The maximum absolute atomic E-state index is 11.1. The summed E-state index contributed by atoms with van der Waals surface area (Å²) >= 11 is 0. The SMILES string of the molecule is CC(=O)[SiH2]C(C1COC1)C1COC1. The second kappa shape index (κ2) is 3.90. The molecule has 0 radical (unpaired) electrons. The number of hydrogen-bond acceptors (Lipinski definition) is 3. The van der Waals surface area contributed by atoms with Crippen LogP contribution in [0, 0.1) is 11.8 Å². The number of rotatable bonds is 4. The van der Waals surface area contributed by atoms with E-state index in [1.165, 1.54) is 0 Å². The molecule has 0 aromatic carbocycles. The standard InChI is InChI=1S/C9H16O3Si/c1-6(10)13-9(7-2-11-3-7)8-4-12-5-8/h7-9H,2-5,13H2,1H3. The van der Waals surface area contributed by atoms with Crippen molar-refractivity contribution < 1.29 is 14.3 Å². The summed E-state index contributed by atoms with van der Waals surface area (Å²) in [6.45, 7) is 5.24. The van der Waals surface area contributed by atoms with Crippen molar-refractivity contribution in [3.63, 3.8) is 0 Å². The molecule has 0 spiro atoms. The van der Waals surface area contributed by atoms with Gasteiger partial charge < -0.3 is 14.3 Å². The topological polar surface area (TPSA) is 35.5 Å². The Hall–Kier alpha value is -0.193. The Morgan fingerprint density at radius 1 is 1.23 bits per heavy atom. The largest absolute Gasteiger partial charge is 0.381 e. The van der Waals surface area contributed by atoms with Crippen LogP contribution in [0.2, 0.25) is 5.54 Å². The van der Waals surface area contributed by atoms with E-state index in [0.29, 0.717) is 22.8 Å². The van der Waals surface area contributed by atoms with Crippen molar-refractivity contribution >= 4 is 14.9 Å². The van der Waals surface area contributed by atoms with Crippen molar-refractivity contribution in [2.24, 2.45) is 11.8 Å². The summed E-state index contributed by atoms with van der Waals surface area (Å²) in [5.41, 5.74) is 0.653. The monoisotopic (exact) mass is 200 g/mol. The van der Waals surface area contributed by atoms with Crippen LogP contribution in [0.25, 0.3) is 0 Å². The van der Waals surface area contributed by atoms with Gasteiger partial charge in [0.25, 0.3) is 0 Å². The normalized spacial score (nSPS) is 25.1. The van der Waals surface area contributed by atoms with Gasteiger partial charge in [0.15, 0.2) is 0 Å². The van der Waals surface area contributed by atoms with Crippen molar-refractivity contribution in [3.8, 4) is 0 Å². The molecule has 0 aliphatic carbocycles. The van der Waals surface area contributed by atoms with Crippen molar-refractivity contribution in [2.75, 3.05) is 26.4 Å². The third kappa shape index (κ3) is 2.00. The molecule has 4 heteroatoms. The highest BCUT2D eigenvalue weighted by Crippen LogP contribution is 2.35. The lowest BCUT2D eigenvalue weighted by atomic mass is 9.91. The van der Waals surface area contributed by atoms with Gasteiger partial charge in [0.2, 0.25) is 0 Å². The molecule has 0 aromatic heterocycles. The zero-order chi connectivity index (χ0) is 9.26. The Kier molecular flexibility index (Phi) is 2.81. The average molecular weight is 200 g/mol. The van der Waals surface area contributed by atoms with Crippen LogP contribution in [0.1, 0.15) is 6.92 Å². The summed E-state index contributed by atoms with van der Waals surface area (Å²) in [6.07, 6.45) is 0. The van der Waals surface area contributed by atoms with E-state index in [0.717, 1.165) is 26.4 Å². The molecular weight excluding hydrogens is 184 g/mol. The van der Waals surface area contributed by atoms with E-state index >= 15 is 0 Å². The van der Waals surface area contributed by atoms with E-state index in [9.17, 15) is 4.79 Å². The lowest BCUT2D eigenvalue weighted by Crippen LogP contribution is -2.45. The van der Waals surface area contributed by atoms with Crippen molar-refractivity contribution in [2.45, 2.75) is 12.5 Å². The predicted molar refractivity (Wildman–Crippen MR) is 51.6 cm³/mol. The van der Waals surface area contributed by atoms with Gasteiger partial charge >= 0.3 is 0 Å². The Labute approximate surface area is 80.6 Å². The first-order chi connectivity index (χ1) is 6.27. The second-order valence-electron chi connectivity index (χ2n) is 4.17. The highest BCUT2D eigenvalue weighted by molar-refractivity contribution is 6.74. The maximum Gasteiger partial charge on any atom is 0.104 e. The van der Waals surface area contributed by atoms with Crippen LogP contribution in [-0.2, 0) is 14.3 Å². The van der Waals surface area contributed by atoms with Crippen LogP contribution >= 0.6 is 0 Å². The van der Waals surface area contributed by atoms with Crippen LogP contribution in [0.15, 0.2) is 0 Å². The van der Waals surface area contributed by atoms with E-state index in [-0.39, 0.29) is 0 Å². The zero-order valence-electron chi connectivity index (χ0n) is 7.99. The first-order valence-electron chi connectivity index (χ1n) is 4.92. The summed E-state index contributed by atoms with van der Waals surface area (Å²) in [6, 6.07) is 0. The fourth-order valence-electron chi connectivity index (χ4n) is 2.05. The highest BCUT2D eigenvalue weighted by Gasteiger charge is 2.38. The van der Waals surface area contributed by atoms with Gasteiger partial charge in [-0.15, -0.1) is 0 Å². The van der Waals surface area contributed by atoms with Crippen molar-refractivity contribution in [1.29, 1.82) is 0 Å². The Morgan fingerprint density at radius 3 is 1.92 bits per heavy atom. The molecule has 0 aromatic rings. The third-order valence-corrected chi connectivity index (χ3v) is 5.44. The van der Waals surface area contributed by atoms with Gasteiger partial charge in [-0.05, 0) is 12.5 Å². The maximum atomic E-state index is 11.1. The quantitative estimate of drug-likeness (QED) is 0.589. The summed E-state index contributed by atoms with van der Waals surface area (Å²) in [4.78, 5) is 11.1. The zero-order valence-corrected chi connectivity index (χ0v) is 9.41. The van der Waals surface area contributed by atoms with Gasteiger partial charge in [-0.25, -0.2) is 0 Å². The van der Waals surface area contributed by atoms with Crippen molar-refractivity contribution in [3.05, 3.63) is 0 Å². The summed E-state index contributed by atoms with van der Waals surface area (Å²) in [5.74, 6) is 1.34. The molecule has 2 fully saturated rings. The van der Waals surface area contributed by atoms with Gasteiger partial charge in [-0.2, -0.15) is 0 Å². The van der Waals surface area contributed by atoms with E-state index in [4.69, 9.17) is 9.47 Å². The summed E-state index contributed by atoms with van der Waals surface area (Å²) in [5, 5.41) is 0.434. The molecule has 2 rings (SSSR count). The van der Waals surface area contributed by atoms with E-state index in [1.54, 1.807) is 6.92 Å². The first-order valence-corrected chi connectivity index (χ1v) is 6.44. The lowest BCUT2D eigenvalue weighted by Gasteiger charge is -2.41. The molecule has 0 amide bonds. The molecule has 2 saturated heterocycles. The minimum absolute atomic E-state index is 0.434. The Bertz CT molecular complexity index is 185. The van der Waals surface area contributed by atoms with Crippen molar-refractivity contribution in [1.82, 2.24) is 0 Å². The van der Waals surface area contributed by atoms with Gasteiger partial charge in [-0.3, -0.25) is 0 Å². The molecule has 74 valence electrons. The first kappa shape index (κ1) is 9.37. The minimum Gasteiger partial charge on any atom is -0.381 e. The van der Waals surface area contributed by atoms with Gasteiger partial charge in [-0.1, -0.05) is 0 Å². The Balaban J connectivity index is 1.88. The van der Waals surface area contributed by atoms with Crippen LogP contribution in [0.5, 0.6) is 0 Å². The van der Waals surface area contributed by atoms with Gasteiger partial charge in [0.1, 0.15) is 14.9 Å². The van der Waals surface area contributed by atoms with Crippen LogP contribution in [0.4, 0.5) is 0 Å². The highest BCUT2D eigenvalue weighted by atomic mass is 28.2. The van der Waals surface area contributed by atoms with Gasteiger partial charge in [0, 0.05) is 11.8 Å². The van der Waals surface area contributed by atoms with Crippen LogP contribution < -0.4 is 0 Å². The fraction of sp³-hybridized carbons (Fsp3) is 0.889. The number of carbonyl (C=O) groups excluding carboxylic acids is 1. The van der Waals surface area contributed by atoms with E-state index in [2.05, 4.69) is 0 Å². The lowest BCUT2D eigenvalue weighted by molar-refractivity contribution is -0.111. The average Bonchev–Trinajstić information content (AvgIpc) is 1.75. The van der Waals surface area contributed by atoms with Gasteiger partial charge in [0.05, 0.1) is 26.4 Å². The number of carbonyl (C=O) groups is 1. The molecular formula is C9H16O3Si. The molecule has 0 atom stereocenters. The molecule has 2 aliphatic rings. The van der Waals surface area contributed by atoms with E-state index < -0.39 is 9.52 Å². The predicted octanol–water partition coefficient (Wildman–Crippen LogP) is -0.217. The number of ether oxygens (including phenoxy) is 2. The molecule has 3 nitrogen and oxygen atoms in total. The molecule has 0 N–H and O–H groups in total. The van der Waals surface area contributed by atoms with Crippen LogP contribution in [-0.4, -0.2) is 41.4 Å². The molecule has 13 heavy (non-hydrogen) atoms.